The van der Waals surface area contributed by atoms with E-state index in [1.165, 1.54) is 0 Å². The van der Waals surface area contributed by atoms with E-state index in [0.29, 0.717) is 0 Å². The summed E-state index contributed by atoms with van der Waals surface area (Å²) in [4.78, 5) is 11.6. The minimum Gasteiger partial charge on any atom is -0.483 e. The number of rotatable bonds is 9. The molecule has 0 heterocycles. The molecular weight excluding hydrogens is 240 g/mol. The van der Waals surface area contributed by atoms with Crippen LogP contribution in [0.3, 0.4) is 0 Å². The Morgan fingerprint density at radius 2 is 2.05 bits per heavy atom. The van der Waals surface area contributed by atoms with Crippen LogP contribution in [-0.2, 0) is 11.3 Å². The van der Waals surface area contributed by atoms with Crippen LogP contribution in [0, 0.1) is 0 Å². The van der Waals surface area contributed by atoms with Gasteiger partial charge in [0.25, 0.3) is 5.91 Å². The minimum absolute atomic E-state index is 0.0632. The third-order valence-electron chi connectivity index (χ3n) is 2.75. The minimum atomic E-state index is -0.0632. The van der Waals surface area contributed by atoms with Gasteiger partial charge in [0.15, 0.2) is 6.61 Å². The number of hydrogen-bond acceptors (Lipinski definition) is 3. The maximum atomic E-state index is 11.6. The summed E-state index contributed by atoms with van der Waals surface area (Å²) in [6.45, 7) is 6.62. The summed E-state index contributed by atoms with van der Waals surface area (Å²) in [5.74, 6) is 0.709. The molecule has 1 amide bonds. The Kier molecular flexibility index (Phi) is 7.66. The molecule has 1 aromatic carbocycles. The zero-order chi connectivity index (χ0) is 13.9. The first-order valence-corrected chi connectivity index (χ1v) is 6.96. The van der Waals surface area contributed by atoms with Crippen LogP contribution in [-0.4, -0.2) is 25.6 Å². The van der Waals surface area contributed by atoms with Crippen LogP contribution in [0.4, 0.5) is 0 Å². The molecule has 0 aliphatic heterocycles. The zero-order valence-electron chi connectivity index (χ0n) is 11.9. The molecule has 0 spiro atoms. The van der Waals surface area contributed by atoms with E-state index >= 15 is 0 Å². The second-order valence-electron chi connectivity index (χ2n) is 4.38. The van der Waals surface area contributed by atoms with Gasteiger partial charge < -0.3 is 15.4 Å². The van der Waals surface area contributed by atoms with Gasteiger partial charge in [-0.1, -0.05) is 38.5 Å². The van der Waals surface area contributed by atoms with Crippen molar-refractivity contribution >= 4 is 5.91 Å². The summed E-state index contributed by atoms with van der Waals surface area (Å²) in [5, 5.41) is 6.09. The van der Waals surface area contributed by atoms with Crippen LogP contribution in [0.5, 0.6) is 5.75 Å². The molecule has 1 aromatic rings. The smallest absolute Gasteiger partial charge is 0.257 e. The average molecular weight is 264 g/mol. The first kappa shape index (κ1) is 15.5. The van der Waals surface area contributed by atoms with E-state index in [2.05, 4.69) is 24.5 Å². The van der Waals surface area contributed by atoms with Crippen LogP contribution in [0.25, 0.3) is 0 Å². The fourth-order valence-corrected chi connectivity index (χ4v) is 1.65. The van der Waals surface area contributed by atoms with E-state index in [-0.39, 0.29) is 12.5 Å². The second-order valence-corrected chi connectivity index (χ2v) is 4.38. The number of carbonyl (C=O) groups excluding carboxylic acids is 1. The van der Waals surface area contributed by atoms with Gasteiger partial charge in [0, 0.05) is 18.7 Å². The highest BCUT2D eigenvalue weighted by molar-refractivity contribution is 5.77. The van der Waals surface area contributed by atoms with Crippen molar-refractivity contribution in [1.29, 1.82) is 0 Å². The monoisotopic (exact) mass is 264 g/mol. The Hall–Kier alpha value is -1.55. The largest absolute Gasteiger partial charge is 0.483 e. The van der Waals surface area contributed by atoms with Crippen molar-refractivity contribution in [3.8, 4) is 5.75 Å². The van der Waals surface area contributed by atoms with Gasteiger partial charge in [-0.2, -0.15) is 0 Å². The van der Waals surface area contributed by atoms with Crippen LogP contribution in [0.1, 0.15) is 32.3 Å². The van der Waals surface area contributed by atoms with Gasteiger partial charge in [-0.15, -0.1) is 0 Å². The molecule has 106 valence electrons. The Labute approximate surface area is 115 Å². The third-order valence-corrected chi connectivity index (χ3v) is 2.75. The second kappa shape index (κ2) is 9.39. The lowest BCUT2D eigenvalue weighted by atomic mass is 10.2. The van der Waals surface area contributed by atoms with E-state index in [1.807, 2.05) is 24.3 Å². The zero-order valence-corrected chi connectivity index (χ0v) is 11.9. The number of para-hydroxylation sites is 1. The van der Waals surface area contributed by atoms with Gasteiger partial charge in [0.2, 0.25) is 0 Å². The van der Waals surface area contributed by atoms with Gasteiger partial charge in [0.1, 0.15) is 5.75 Å². The van der Waals surface area contributed by atoms with Crippen LogP contribution < -0.4 is 15.4 Å². The maximum absolute atomic E-state index is 11.6. The van der Waals surface area contributed by atoms with E-state index in [4.69, 9.17) is 4.74 Å². The summed E-state index contributed by atoms with van der Waals surface area (Å²) in [7, 11) is 0. The molecule has 0 saturated heterocycles. The fraction of sp³-hybridized carbons (Fsp3) is 0.533. The van der Waals surface area contributed by atoms with Crippen molar-refractivity contribution < 1.29 is 9.53 Å². The topological polar surface area (TPSA) is 50.4 Å². The van der Waals surface area contributed by atoms with Gasteiger partial charge in [-0.05, 0) is 19.0 Å². The molecule has 0 aliphatic carbocycles. The molecule has 0 aliphatic rings. The summed E-state index contributed by atoms with van der Waals surface area (Å²) in [5.41, 5.74) is 1.07. The third kappa shape index (κ3) is 6.25. The number of ether oxygens (including phenoxy) is 1. The number of carbonyl (C=O) groups is 1. The highest BCUT2D eigenvalue weighted by Crippen LogP contribution is 2.17. The number of nitrogens with one attached hydrogen (secondary N) is 2. The average Bonchev–Trinajstić information content (AvgIpc) is 2.44. The highest BCUT2D eigenvalue weighted by Gasteiger charge is 2.05. The normalized spacial score (nSPS) is 10.2. The molecule has 2 N–H and O–H groups in total. The number of unbranched alkanes of at least 4 members (excludes halogenated alkanes) is 1. The molecule has 0 bridgehead atoms. The highest BCUT2D eigenvalue weighted by atomic mass is 16.5. The first-order valence-electron chi connectivity index (χ1n) is 6.96. The van der Waals surface area contributed by atoms with Crippen LogP contribution >= 0.6 is 0 Å². The van der Waals surface area contributed by atoms with Crippen molar-refractivity contribution in [3.05, 3.63) is 29.8 Å². The molecule has 0 atom stereocenters. The predicted molar refractivity (Wildman–Crippen MR) is 77.2 cm³/mol. The van der Waals surface area contributed by atoms with Crippen molar-refractivity contribution in [3.63, 3.8) is 0 Å². The van der Waals surface area contributed by atoms with Crippen LogP contribution in [0.2, 0.25) is 0 Å². The van der Waals surface area contributed by atoms with E-state index in [9.17, 15) is 4.79 Å². The van der Waals surface area contributed by atoms with Crippen molar-refractivity contribution in [2.45, 2.75) is 33.2 Å². The summed E-state index contributed by atoms with van der Waals surface area (Å²) in [6.07, 6.45) is 2.08. The van der Waals surface area contributed by atoms with E-state index in [0.717, 1.165) is 43.8 Å². The van der Waals surface area contributed by atoms with E-state index < -0.39 is 0 Å². The number of amides is 1. The summed E-state index contributed by atoms with van der Waals surface area (Å²) < 4.78 is 5.57. The Balaban J connectivity index is 2.41. The molecule has 1 rings (SSSR count). The fourth-order valence-electron chi connectivity index (χ4n) is 1.65. The SMILES string of the molecule is CCCCNC(=O)COc1ccccc1CNCC. The van der Waals surface area contributed by atoms with E-state index in [1.54, 1.807) is 0 Å². The van der Waals surface area contributed by atoms with Gasteiger partial charge in [0.05, 0.1) is 0 Å². The molecule has 19 heavy (non-hydrogen) atoms. The molecule has 4 heteroatoms. The van der Waals surface area contributed by atoms with Crippen LogP contribution in [0.15, 0.2) is 24.3 Å². The summed E-state index contributed by atoms with van der Waals surface area (Å²) >= 11 is 0. The number of benzene rings is 1. The first-order chi connectivity index (χ1) is 9.27. The Morgan fingerprint density at radius 3 is 2.79 bits per heavy atom. The van der Waals surface area contributed by atoms with Gasteiger partial charge >= 0.3 is 0 Å². The lowest BCUT2D eigenvalue weighted by Gasteiger charge is -2.11. The lowest BCUT2D eigenvalue weighted by Crippen LogP contribution is -2.29. The van der Waals surface area contributed by atoms with Gasteiger partial charge in [-0.3, -0.25) is 4.79 Å². The summed E-state index contributed by atoms with van der Waals surface area (Å²) in [6, 6.07) is 7.79. The molecule has 0 radical (unpaired) electrons. The standard InChI is InChI=1S/C15H24N2O2/c1-3-5-10-17-15(18)12-19-14-9-7-6-8-13(14)11-16-4-2/h6-9,16H,3-5,10-12H2,1-2H3,(H,17,18). The maximum Gasteiger partial charge on any atom is 0.257 e. The Bertz CT molecular complexity index is 380. The molecule has 0 unspecified atom stereocenters. The quantitative estimate of drug-likeness (QED) is 0.672. The predicted octanol–water partition coefficient (Wildman–Crippen LogP) is 2.09. The van der Waals surface area contributed by atoms with Crippen molar-refractivity contribution in [2.75, 3.05) is 19.7 Å². The van der Waals surface area contributed by atoms with Crippen molar-refractivity contribution in [1.82, 2.24) is 10.6 Å². The Morgan fingerprint density at radius 1 is 1.26 bits per heavy atom. The molecule has 0 aromatic heterocycles. The molecule has 4 nitrogen and oxygen atoms in total. The molecule has 0 fully saturated rings. The number of hydrogen-bond donors (Lipinski definition) is 2. The molecular formula is C15H24N2O2. The molecule has 0 saturated carbocycles. The lowest BCUT2D eigenvalue weighted by molar-refractivity contribution is -0.123. The van der Waals surface area contributed by atoms with Crippen molar-refractivity contribution in [2.24, 2.45) is 0 Å². The van der Waals surface area contributed by atoms with Gasteiger partial charge in [-0.25, -0.2) is 0 Å².